The van der Waals surface area contributed by atoms with E-state index in [2.05, 4.69) is 47.5 Å². The lowest BCUT2D eigenvalue weighted by atomic mass is 9.93. The molecule has 1 aromatic carbocycles. The molecule has 0 aliphatic carbocycles. The molecule has 4 aliphatic rings. The summed E-state index contributed by atoms with van der Waals surface area (Å²) in [6.45, 7) is 2.05. The predicted molar refractivity (Wildman–Crippen MR) is 280 cm³/mol. The van der Waals surface area contributed by atoms with Gasteiger partial charge in [-0.25, -0.2) is 4.79 Å². The third-order valence-electron chi connectivity index (χ3n) is 14.3. The van der Waals surface area contributed by atoms with E-state index in [9.17, 15) is 77.1 Å². The minimum Gasteiger partial charge on any atom is -0.494 e. The summed E-state index contributed by atoms with van der Waals surface area (Å²) in [6.07, 6.45) is -3.23. The van der Waals surface area contributed by atoms with Crippen molar-refractivity contribution < 1.29 is 86.6 Å². The number of ether oxygens (including phenoxy) is 1. The van der Waals surface area contributed by atoms with Crippen molar-refractivity contribution >= 4 is 92.8 Å². The molecule has 11 atom stereocenters. The number of rotatable bonds is 16. The van der Waals surface area contributed by atoms with E-state index >= 15 is 0 Å². The second-order valence-electron chi connectivity index (χ2n) is 20.3. The van der Waals surface area contributed by atoms with Crippen LogP contribution in [0, 0.1) is 11.8 Å². The summed E-state index contributed by atoms with van der Waals surface area (Å²) in [7, 11) is -2.43. The Morgan fingerprint density at radius 1 is 0.827 bits per heavy atom. The first-order chi connectivity index (χ1) is 38.5. The van der Waals surface area contributed by atoms with Gasteiger partial charge in [0.2, 0.25) is 53.2 Å². The quantitative estimate of drug-likeness (QED) is 0.0553. The molecule has 2 aromatic rings. The molecule has 5 heterocycles. The Hall–Kier alpha value is -7.77. The van der Waals surface area contributed by atoms with Gasteiger partial charge in [0, 0.05) is 56.1 Å². The topological polar surface area (TPSA) is 446 Å². The largest absolute Gasteiger partial charge is 0.494 e. The SMILES string of the molecule is CCC(C)[C@H]1NC(=O)CNC(=O)[C@H]2Cc3c([nH]c4cc(OCCCCCCNC(=O)ON5C(=O)CCC5=O)ccc34)[S@](=O)C[C@@H](NC(=O)CNC1=O)C(=O)N[C@H](CC(N)=O)C(=O)N1CC(O)C[C@@H]1C(=O)N[C@H](C(C)C(O)CO)C(=O)N2. The highest BCUT2D eigenvalue weighted by Gasteiger charge is 2.45. The number of hydroxylamine groups is 2. The molecule has 31 heteroatoms. The summed E-state index contributed by atoms with van der Waals surface area (Å²) in [5.41, 5.74) is 5.89. The van der Waals surface area contributed by atoms with E-state index in [0.29, 0.717) is 48.3 Å². The Kier molecular flexibility index (Phi) is 22.0. The molecule has 4 unspecified atom stereocenters. The molecular formula is C50H70N12O18S. The molecule has 2 saturated heterocycles. The predicted octanol–water partition coefficient (Wildman–Crippen LogP) is -4.90. The first kappa shape index (κ1) is 62.4. The molecule has 2 fully saturated rings. The van der Waals surface area contributed by atoms with Gasteiger partial charge in [-0.3, -0.25) is 56.9 Å². The number of nitrogens with zero attached hydrogens (tertiary/aromatic N) is 2. The summed E-state index contributed by atoms with van der Waals surface area (Å²) >= 11 is 0. The standard InChI is InChI=1S/C50H70N12O18S/c1-4-24(2)41-46(74)54-19-37(67)55-33-23-81(78)48-29(28-10-9-27(16-30(28)58-48)79-14-8-6-5-7-13-52-50(77)80-62-39(69)11-12-40(62)70)17-31(43(71)53-20-38(68)59-41)56-47(75)42(25(3)35(65)22-63)60-45(73)34-15-26(64)21-61(34)49(76)32(18-36(51)66)57-44(33)72/h9-10,16,24-26,31-35,41-42,58,63-65H,4-8,11-15,17-23H2,1-3H3,(H2,51,66)(H,52,77)(H,53,71)(H,54,74)(H,55,67)(H,56,75)(H,57,72)(H,59,68)(H,60,73)/t24?,25?,26?,31-,32-,33-,34-,35?,41-,42-,81-/m1/s1. The summed E-state index contributed by atoms with van der Waals surface area (Å²) in [5.74, 6) is -12.9. The number of fused-ring (bicyclic) bond motifs is 5. The third-order valence-corrected chi connectivity index (χ3v) is 15.7. The molecule has 14 N–H and O–H groups in total. The fraction of sp³-hybridized carbons (Fsp3) is 0.600. The molecule has 30 nitrogen and oxygen atoms in total. The number of nitrogens with two attached hydrogens (primary N) is 1. The summed E-state index contributed by atoms with van der Waals surface area (Å²) < 4.78 is 21.0. The summed E-state index contributed by atoms with van der Waals surface area (Å²) in [6, 6.07) is -5.47. The first-order valence-electron chi connectivity index (χ1n) is 26.6. The number of carbonyl (C=O) groups is 12. The van der Waals surface area contributed by atoms with Crippen molar-refractivity contribution in [2.24, 2.45) is 17.6 Å². The van der Waals surface area contributed by atoms with Crippen LogP contribution in [0.25, 0.3) is 10.9 Å². The van der Waals surface area contributed by atoms with Crippen LogP contribution in [0.3, 0.4) is 0 Å². The summed E-state index contributed by atoms with van der Waals surface area (Å²) in [5, 5.41) is 52.0. The number of primary amides is 1. The van der Waals surface area contributed by atoms with E-state index < -0.39 is 193 Å². The molecule has 12 amide bonds. The van der Waals surface area contributed by atoms with Crippen molar-refractivity contribution in [1.82, 2.24) is 57.5 Å². The monoisotopic (exact) mass is 1160 g/mol. The van der Waals surface area contributed by atoms with E-state index in [1.54, 1.807) is 32.0 Å². The number of carbonyl (C=O) groups excluding carboxylic acids is 12. The van der Waals surface area contributed by atoms with Crippen molar-refractivity contribution in [2.45, 2.75) is 138 Å². The van der Waals surface area contributed by atoms with Crippen molar-refractivity contribution in [3.8, 4) is 5.75 Å². The number of aromatic nitrogens is 1. The van der Waals surface area contributed by atoms with Crippen LogP contribution >= 0.6 is 0 Å². The van der Waals surface area contributed by atoms with Crippen molar-refractivity contribution in [3.05, 3.63) is 23.8 Å². The van der Waals surface area contributed by atoms with Crippen LogP contribution in [0.2, 0.25) is 0 Å². The second kappa shape index (κ2) is 28.6. The average Bonchev–Trinajstić information content (AvgIpc) is 4.05. The first-order valence-corrected chi connectivity index (χ1v) is 27.9. The third kappa shape index (κ3) is 16.4. The van der Waals surface area contributed by atoms with Gasteiger partial charge in [0.25, 0.3) is 11.8 Å². The molecule has 1 aromatic heterocycles. The maximum Gasteiger partial charge on any atom is 0.432 e. The fourth-order valence-electron chi connectivity index (χ4n) is 9.52. The van der Waals surface area contributed by atoms with E-state index in [1.165, 1.54) is 6.92 Å². The number of amides is 12. The molecule has 0 saturated carbocycles. The highest BCUT2D eigenvalue weighted by Crippen LogP contribution is 2.31. The van der Waals surface area contributed by atoms with Crippen molar-refractivity contribution in [1.29, 1.82) is 0 Å². The average molecular weight is 1160 g/mol. The van der Waals surface area contributed by atoms with E-state index in [0.717, 1.165) is 4.90 Å². The molecule has 2 bridgehead atoms. The number of unbranched alkanes of at least 4 members (excludes halogenated alkanes) is 3. The molecular weight excluding hydrogens is 1090 g/mol. The van der Waals surface area contributed by atoms with Gasteiger partial charge in [-0.05, 0) is 36.5 Å². The minimum atomic E-state index is -2.43. The highest BCUT2D eigenvalue weighted by atomic mass is 32.2. The maximum atomic E-state index is 15.0. The van der Waals surface area contributed by atoms with E-state index in [-0.39, 0.29) is 42.1 Å². The Labute approximate surface area is 466 Å². The van der Waals surface area contributed by atoms with E-state index in [4.69, 9.17) is 15.3 Å². The zero-order valence-electron chi connectivity index (χ0n) is 44.9. The van der Waals surface area contributed by atoms with Crippen LogP contribution < -0.4 is 53.0 Å². The number of hydrogen-bond donors (Lipinski definition) is 13. The van der Waals surface area contributed by atoms with Crippen molar-refractivity contribution in [2.75, 3.05) is 45.1 Å². The molecule has 0 spiro atoms. The van der Waals surface area contributed by atoms with Gasteiger partial charge in [0.05, 0.1) is 67.0 Å². The van der Waals surface area contributed by atoms with Crippen LogP contribution in [0.4, 0.5) is 4.79 Å². The zero-order valence-corrected chi connectivity index (χ0v) is 45.7. The molecule has 81 heavy (non-hydrogen) atoms. The molecule has 6 rings (SSSR count). The lowest BCUT2D eigenvalue weighted by Gasteiger charge is -2.32. The van der Waals surface area contributed by atoms with Crippen molar-refractivity contribution in [3.63, 3.8) is 0 Å². The van der Waals surface area contributed by atoms with Crippen LogP contribution in [0.15, 0.2) is 23.2 Å². The van der Waals surface area contributed by atoms with Gasteiger partial charge in [-0.15, -0.1) is 5.06 Å². The fourth-order valence-corrected chi connectivity index (χ4v) is 10.9. The van der Waals surface area contributed by atoms with Gasteiger partial charge < -0.3 is 83.0 Å². The number of aromatic amines is 1. The number of imide groups is 1. The smallest absolute Gasteiger partial charge is 0.432 e. The number of aliphatic hydroxyl groups excluding tert-OH is 3. The zero-order chi connectivity index (χ0) is 59.2. The van der Waals surface area contributed by atoms with Crippen LogP contribution in [0.1, 0.15) is 84.1 Å². The summed E-state index contributed by atoms with van der Waals surface area (Å²) in [4.78, 5) is 170. The lowest BCUT2D eigenvalue weighted by molar-refractivity contribution is -0.171. The number of benzene rings is 1. The number of hydrogen-bond acceptors (Lipinski definition) is 18. The lowest BCUT2D eigenvalue weighted by Crippen LogP contribution is -2.62. The molecule has 0 radical (unpaired) electrons. The number of nitrogens with one attached hydrogen (secondary N) is 9. The van der Waals surface area contributed by atoms with Gasteiger partial charge in [-0.1, -0.05) is 40.0 Å². The number of H-pyrrole nitrogens is 1. The van der Waals surface area contributed by atoms with Gasteiger partial charge >= 0.3 is 6.09 Å². The van der Waals surface area contributed by atoms with Crippen LogP contribution in [0.5, 0.6) is 5.75 Å². The Balaban J connectivity index is 1.38. The maximum absolute atomic E-state index is 15.0. The van der Waals surface area contributed by atoms with Gasteiger partial charge in [0.15, 0.2) is 0 Å². The molecule has 4 aliphatic heterocycles. The number of aliphatic hydroxyl groups is 3. The Morgan fingerprint density at radius 3 is 2.19 bits per heavy atom. The van der Waals surface area contributed by atoms with E-state index in [1.807, 2.05) is 0 Å². The minimum absolute atomic E-state index is 0.0399. The van der Waals surface area contributed by atoms with Gasteiger partial charge in [-0.2, -0.15) is 0 Å². The van der Waals surface area contributed by atoms with Crippen LogP contribution in [-0.4, -0.2) is 199 Å². The Morgan fingerprint density at radius 2 is 1.51 bits per heavy atom. The second-order valence-corrected chi connectivity index (χ2v) is 21.7. The Bertz CT molecular complexity index is 2760. The van der Waals surface area contributed by atoms with Crippen LogP contribution in [-0.2, 0) is 74.8 Å². The highest BCUT2D eigenvalue weighted by molar-refractivity contribution is 7.85. The molecule has 444 valence electrons. The van der Waals surface area contributed by atoms with Gasteiger partial charge in [0.1, 0.15) is 47.0 Å². The normalized spacial score (nSPS) is 25.9.